The van der Waals surface area contributed by atoms with Crippen molar-refractivity contribution >= 4 is 16.9 Å². The molecule has 24 heavy (non-hydrogen) atoms. The van der Waals surface area contributed by atoms with Crippen LogP contribution in [0.25, 0.3) is 11.0 Å². The van der Waals surface area contributed by atoms with Gasteiger partial charge in [0.05, 0.1) is 17.1 Å². The minimum Gasteiger partial charge on any atom is -0.361 e. The standard InChI is InChI=1S/C18H20N4O2/c1-11-9-15(20-24-11)17-5-4-8-22(17)18(23)13-6-7-16-14(10-13)19-12(2)21(16)3/h6-7,9-10,17H,4-5,8H2,1-3H3/t17-/m1/s1. The van der Waals surface area contributed by atoms with Gasteiger partial charge >= 0.3 is 0 Å². The van der Waals surface area contributed by atoms with Gasteiger partial charge < -0.3 is 14.0 Å². The Balaban J connectivity index is 1.67. The molecule has 1 aromatic carbocycles. The summed E-state index contributed by atoms with van der Waals surface area (Å²) in [4.78, 5) is 19.4. The van der Waals surface area contributed by atoms with Crippen molar-refractivity contribution in [3.63, 3.8) is 0 Å². The molecule has 0 spiro atoms. The van der Waals surface area contributed by atoms with Crippen LogP contribution in [0.5, 0.6) is 0 Å². The number of carbonyl (C=O) groups excluding carboxylic acids is 1. The second-order valence-corrected chi connectivity index (χ2v) is 6.44. The summed E-state index contributed by atoms with van der Waals surface area (Å²) in [6, 6.07) is 7.65. The van der Waals surface area contributed by atoms with Crippen molar-refractivity contribution < 1.29 is 9.32 Å². The highest BCUT2D eigenvalue weighted by molar-refractivity contribution is 5.97. The number of fused-ring (bicyclic) bond motifs is 1. The summed E-state index contributed by atoms with van der Waals surface area (Å²) in [6.07, 6.45) is 1.90. The van der Waals surface area contributed by atoms with Crippen LogP contribution >= 0.6 is 0 Å². The van der Waals surface area contributed by atoms with Gasteiger partial charge in [0.25, 0.3) is 5.91 Å². The number of hydrogen-bond acceptors (Lipinski definition) is 4. The Hall–Kier alpha value is -2.63. The molecule has 124 valence electrons. The van der Waals surface area contributed by atoms with Crippen molar-refractivity contribution in [1.82, 2.24) is 19.6 Å². The molecule has 0 N–H and O–H groups in total. The lowest BCUT2D eigenvalue weighted by Crippen LogP contribution is -2.30. The normalized spacial score (nSPS) is 17.8. The van der Waals surface area contributed by atoms with Gasteiger partial charge in [-0.2, -0.15) is 0 Å². The van der Waals surface area contributed by atoms with Crippen molar-refractivity contribution in [2.75, 3.05) is 6.54 Å². The molecule has 0 unspecified atom stereocenters. The third kappa shape index (κ3) is 2.29. The summed E-state index contributed by atoms with van der Waals surface area (Å²) >= 11 is 0. The lowest BCUT2D eigenvalue weighted by atomic mass is 10.1. The number of carbonyl (C=O) groups is 1. The fourth-order valence-electron chi connectivity index (χ4n) is 3.48. The largest absolute Gasteiger partial charge is 0.361 e. The first-order valence-electron chi connectivity index (χ1n) is 8.22. The number of benzene rings is 1. The molecule has 3 aromatic rings. The first kappa shape index (κ1) is 14.9. The molecule has 2 aromatic heterocycles. The first-order valence-corrected chi connectivity index (χ1v) is 8.22. The van der Waals surface area contributed by atoms with E-state index in [-0.39, 0.29) is 11.9 Å². The topological polar surface area (TPSA) is 64.2 Å². The van der Waals surface area contributed by atoms with Gasteiger partial charge in [0, 0.05) is 25.2 Å². The minimum atomic E-state index is -0.00360. The highest BCUT2D eigenvalue weighted by Gasteiger charge is 2.32. The summed E-state index contributed by atoms with van der Waals surface area (Å²) in [5.74, 6) is 1.74. The summed E-state index contributed by atoms with van der Waals surface area (Å²) in [5.41, 5.74) is 3.41. The summed E-state index contributed by atoms with van der Waals surface area (Å²) in [5, 5.41) is 4.10. The molecular formula is C18H20N4O2. The van der Waals surface area contributed by atoms with Crippen molar-refractivity contribution in [2.45, 2.75) is 32.7 Å². The summed E-state index contributed by atoms with van der Waals surface area (Å²) in [7, 11) is 1.98. The lowest BCUT2D eigenvalue weighted by Gasteiger charge is -2.23. The molecule has 1 amide bonds. The van der Waals surface area contributed by atoms with Crippen LogP contribution in [0.4, 0.5) is 0 Å². The van der Waals surface area contributed by atoms with E-state index in [0.29, 0.717) is 5.56 Å². The number of aryl methyl sites for hydroxylation is 3. The van der Waals surface area contributed by atoms with Gasteiger partial charge in [-0.25, -0.2) is 4.98 Å². The van der Waals surface area contributed by atoms with Crippen LogP contribution in [0.3, 0.4) is 0 Å². The Morgan fingerprint density at radius 3 is 2.88 bits per heavy atom. The molecule has 6 nitrogen and oxygen atoms in total. The monoisotopic (exact) mass is 324 g/mol. The zero-order chi connectivity index (χ0) is 16.8. The Morgan fingerprint density at radius 1 is 1.29 bits per heavy atom. The molecule has 1 fully saturated rings. The average Bonchev–Trinajstić information content (AvgIpc) is 3.27. The second-order valence-electron chi connectivity index (χ2n) is 6.44. The zero-order valence-corrected chi connectivity index (χ0v) is 14.1. The van der Waals surface area contributed by atoms with E-state index in [0.717, 1.165) is 47.7 Å². The van der Waals surface area contributed by atoms with Crippen LogP contribution in [0, 0.1) is 13.8 Å². The number of likely N-dealkylation sites (tertiary alicyclic amines) is 1. The van der Waals surface area contributed by atoms with Crippen LogP contribution in [-0.4, -0.2) is 32.1 Å². The smallest absolute Gasteiger partial charge is 0.254 e. The molecule has 1 atom stereocenters. The molecule has 0 aliphatic carbocycles. The highest BCUT2D eigenvalue weighted by Crippen LogP contribution is 2.33. The van der Waals surface area contributed by atoms with Crippen LogP contribution in [0.1, 0.15) is 46.5 Å². The van der Waals surface area contributed by atoms with Crippen molar-refractivity contribution in [1.29, 1.82) is 0 Å². The molecule has 3 heterocycles. The van der Waals surface area contributed by atoms with Crippen LogP contribution in [-0.2, 0) is 7.05 Å². The van der Waals surface area contributed by atoms with Crippen LogP contribution in [0.2, 0.25) is 0 Å². The fraction of sp³-hybridized carbons (Fsp3) is 0.389. The highest BCUT2D eigenvalue weighted by atomic mass is 16.5. The maximum atomic E-state index is 13.0. The number of hydrogen-bond donors (Lipinski definition) is 0. The van der Waals surface area contributed by atoms with E-state index < -0.39 is 0 Å². The van der Waals surface area contributed by atoms with Gasteiger partial charge in [0.2, 0.25) is 0 Å². The van der Waals surface area contributed by atoms with Gasteiger partial charge in [-0.05, 0) is 44.9 Å². The fourth-order valence-corrected chi connectivity index (χ4v) is 3.48. The van der Waals surface area contributed by atoms with Crippen LogP contribution in [0.15, 0.2) is 28.8 Å². The Labute approximate surface area is 140 Å². The molecule has 1 aliphatic rings. The van der Waals surface area contributed by atoms with E-state index in [1.807, 2.05) is 54.6 Å². The molecule has 0 bridgehead atoms. The molecule has 0 radical (unpaired) electrons. The Bertz CT molecular complexity index is 924. The van der Waals surface area contributed by atoms with Crippen molar-refractivity contribution in [3.05, 3.63) is 47.1 Å². The molecule has 4 rings (SSSR count). The van der Waals surface area contributed by atoms with E-state index in [9.17, 15) is 4.79 Å². The van der Waals surface area contributed by atoms with Gasteiger partial charge in [-0.15, -0.1) is 0 Å². The van der Waals surface area contributed by atoms with E-state index in [2.05, 4.69) is 10.1 Å². The third-order valence-corrected chi connectivity index (χ3v) is 4.85. The van der Waals surface area contributed by atoms with E-state index in [1.165, 1.54) is 0 Å². The molecule has 1 aliphatic heterocycles. The van der Waals surface area contributed by atoms with Gasteiger partial charge in [-0.3, -0.25) is 4.79 Å². The Morgan fingerprint density at radius 2 is 2.12 bits per heavy atom. The number of aromatic nitrogens is 3. The number of imidazole rings is 1. The van der Waals surface area contributed by atoms with Crippen LogP contribution < -0.4 is 0 Å². The van der Waals surface area contributed by atoms with Gasteiger partial charge in [0.15, 0.2) is 0 Å². The zero-order valence-electron chi connectivity index (χ0n) is 14.1. The third-order valence-electron chi connectivity index (χ3n) is 4.85. The minimum absolute atomic E-state index is 0.00360. The van der Waals surface area contributed by atoms with Gasteiger partial charge in [-0.1, -0.05) is 5.16 Å². The summed E-state index contributed by atoms with van der Waals surface area (Å²) in [6.45, 7) is 4.58. The van der Waals surface area contributed by atoms with Gasteiger partial charge in [0.1, 0.15) is 17.3 Å². The van der Waals surface area contributed by atoms with Crippen molar-refractivity contribution in [3.8, 4) is 0 Å². The lowest BCUT2D eigenvalue weighted by molar-refractivity contribution is 0.0731. The molecule has 6 heteroatoms. The summed E-state index contributed by atoms with van der Waals surface area (Å²) < 4.78 is 7.21. The first-order chi connectivity index (χ1) is 11.5. The molecule has 1 saturated heterocycles. The van der Waals surface area contributed by atoms with E-state index >= 15 is 0 Å². The number of rotatable bonds is 2. The SMILES string of the molecule is Cc1cc([C@H]2CCCN2C(=O)c2ccc3c(c2)nc(C)n3C)no1. The van der Waals surface area contributed by atoms with E-state index in [1.54, 1.807) is 0 Å². The van der Waals surface area contributed by atoms with Crippen molar-refractivity contribution in [2.24, 2.45) is 7.05 Å². The number of amides is 1. The predicted molar refractivity (Wildman–Crippen MR) is 89.7 cm³/mol. The predicted octanol–water partition coefficient (Wildman–Crippen LogP) is 3.16. The molecular weight excluding hydrogens is 304 g/mol. The molecule has 0 saturated carbocycles. The maximum Gasteiger partial charge on any atom is 0.254 e. The number of nitrogens with zero attached hydrogens (tertiary/aromatic N) is 4. The maximum absolute atomic E-state index is 13.0. The quantitative estimate of drug-likeness (QED) is 0.726. The van der Waals surface area contributed by atoms with E-state index in [4.69, 9.17) is 4.52 Å². The second kappa shape index (κ2) is 5.47. The Kier molecular flexibility index (Phi) is 3.40. The average molecular weight is 324 g/mol.